The van der Waals surface area contributed by atoms with Gasteiger partial charge in [0.2, 0.25) is 5.91 Å². The molecule has 0 aliphatic carbocycles. The van der Waals surface area contributed by atoms with Gasteiger partial charge in [0.05, 0.1) is 6.42 Å². The zero-order valence-corrected chi connectivity index (χ0v) is 11.7. The number of hydrogen-bond acceptors (Lipinski definition) is 3. The molecule has 0 atom stereocenters. The zero-order valence-electron chi connectivity index (χ0n) is 11.7. The summed E-state index contributed by atoms with van der Waals surface area (Å²) in [6.45, 7) is 3.51. The van der Waals surface area contributed by atoms with Crippen LogP contribution < -0.4 is 0 Å². The van der Waals surface area contributed by atoms with Crippen LogP contribution in [0.2, 0.25) is 0 Å². The fourth-order valence-electron chi connectivity index (χ4n) is 3.05. The monoisotopic (exact) mass is 272 g/mol. The minimum absolute atomic E-state index is 0.0642. The third-order valence-corrected chi connectivity index (χ3v) is 4.22. The van der Waals surface area contributed by atoms with Crippen LogP contribution in [0.25, 0.3) is 0 Å². The zero-order chi connectivity index (χ0) is 13.9. The van der Waals surface area contributed by atoms with E-state index in [1.807, 2.05) is 24.3 Å². The lowest BCUT2D eigenvalue weighted by atomic mass is 9.98. The highest BCUT2D eigenvalue weighted by atomic mass is 16.2. The minimum atomic E-state index is -0.131. The first-order valence-corrected chi connectivity index (χ1v) is 7.40. The number of nitrogens with zero attached hydrogens (tertiary/aromatic N) is 2. The molecule has 2 amide bonds. The highest BCUT2D eigenvalue weighted by molar-refractivity contribution is 6.09. The number of amides is 2. The maximum Gasteiger partial charge on any atom is 0.260 e. The van der Waals surface area contributed by atoms with Gasteiger partial charge in [-0.1, -0.05) is 24.6 Å². The fourth-order valence-corrected chi connectivity index (χ4v) is 3.05. The molecule has 4 nitrogen and oxygen atoms in total. The predicted molar refractivity (Wildman–Crippen MR) is 76.5 cm³/mol. The highest BCUT2D eigenvalue weighted by Gasteiger charge is 2.30. The number of imide groups is 1. The van der Waals surface area contributed by atoms with Crippen LogP contribution in [0.1, 0.15) is 35.2 Å². The van der Waals surface area contributed by atoms with Gasteiger partial charge in [0, 0.05) is 18.7 Å². The maximum absolute atomic E-state index is 12.4. The van der Waals surface area contributed by atoms with Crippen LogP contribution in [0.5, 0.6) is 0 Å². The standard InChI is InChI=1S/C16H20N2O2/c19-15-12-13-6-2-3-7-14(13)16(20)18(15)11-10-17-8-4-1-5-9-17/h2-3,6-7H,1,4-5,8-12H2. The second-order valence-electron chi connectivity index (χ2n) is 5.59. The molecule has 2 heterocycles. The molecule has 0 saturated carbocycles. The van der Waals surface area contributed by atoms with Gasteiger partial charge in [-0.2, -0.15) is 0 Å². The Morgan fingerprint density at radius 2 is 1.70 bits per heavy atom. The van der Waals surface area contributed by atoms with Crippen molar-refractivity contribution in [1.29, 1.82) is 0 Å². The number of carbonyl (C=O) groups excluding carboxylic acids is 2. The number of benzene rings is 1. The van der Waals surface area contributed by atoms with E-state index in [9.17, 15) is 9.59 Å². The van der Waals surface area contributed by atoms with Crippen molar-refractivity contribution < 1.29 is 9.59 Å². The molecule has 0 N–H and O–H groups in total. The van der Waals surface area contributed by atoms with Gasteiger partial charge in [-0.05, 0) is 37.6 Å². The summed E-state index contributed by atoms with van der Waals surface area (Å²) in [5.41, 5.74) is 1.54. The van der Waals surface area contributed by atoms with E-state index >= 15 is 0 Å². The van der Waals surface area contributed by atoms with Gasteiger partial charge in [-0.3, -0.25) is 14.5 Å². The third-order valence-electron chi connectivity index (χ3n) is 4.22. The molecule has 0 aromatic heterocycles. The van der Waals surface area contributed by atoms with E-state index < -0.39 is 0 Å². The molecule has 1 saturated heterocycles. The average molecular weight is 272 g/mol. The summed E-state index contributed by atoms with van der Waals surface area (Å²) in [7, 11) is 0. The molecule has 0 radical (unpaired) electrons. The highest BCUT2D eigenvalue weighted by Crippen LogP contribution is 2.19. The molecule has 2 aliphatic heterocycles. The van der Waals surface area contributed by atoms with Crippen LogP contribution in [0.15, 0.2) is 24.3 Å². The van der Waals surface area contributed by atoms with Crippen LogP contribution in [0, 0.1) is 0 Å². The Labute approximate surface area is 119 Å². The summed E-state index contributed by atoms with van der Waals surface area (Å²) in [6.07, 6.45) is 4.10. The first-order valence-electron chi connectivity index (χ1n) is 7.40. The Morgan fingerprint density at radius 1 is 0.950 bits per heavy atom. The summed E-state index contributed by atoms with van der Waals surface area (Å²) in [5, 5.41) is 0. The van der Waals surface area contributed by atoms with Gasteiger partial charge in [-0.25, -0.2) is 0 Å². The molecule has 106 valence electrons. The van der Waals surface area contributed by atoms with Crippen LogP contribution in [-0.2, 0) is 11.2 Å². The van der Waals surface area contributed by atoms with E-state index in [2.05, 4.69) is 4.90 Å². The van der Waals surface area contributed by atoms with Gasteiger partial charge in [0.25, 0.3) is 5.91 Å². The molecule has 2 aliphatic rings. The Balaban J connectivity index is 1.67. The van der Waals surface area contributed by atoms with Crippen molar-refractivity contribution in [3.05, 3.63) is 35.4 Å². The Bertz CT molecular complexity index is 521. The molecule has 0 bridgehead atoms. The molecule has 0 unspecified atom stereocenters. The molecule has 3 rings (SSSR count). The van der Waals surface area contributed by atoms with E-state index in [1.165, 1.54) is 24.2 Å². The van der Waals surface area contributed by atoms with Gasteiger partial charge in [0.1, 0.15) is 0 Å². The first-order chi connectivity index (χ1) is 9.75. The third kappa shape index (κ3) is 2.61. The van der Waals surface area contributed by atoms with Crippen LogP contribution in [0.4, 0.5) is 0 Å². The Hall–Kier alpha value is -1.68. The molecule has 20 heavy (non-hydrogen) atoms. The number of likely N-dealkylation sites (tertiary alicyclic amines) is 1. The van der Waals surface area contributed by atoms with Crippen LogP contribution >= 0.6 is 0 Å². The quantitative estimate of drug-likeness (QED) is 0.786. The minimum Gasteiger partial charge on any atom is -0.302 e. The van der Waals surface area contributed by atoms with Gasteiger partial charge in [-0.15, -0.1) is 0 Å². The molecule has 1 aromatic rings. The van der Waals surface area contributed by atoms with E-state index in [0.717, 1.165) is 25.2 Å². The van der Waals surface area contributed by atoms with Crippen molar-refractivity contribution in [2.24, 2.45) is 0 Å². The second kappa shape index (κ2) is 5.75. The van der Waals surface area contributed by atoms with E-state index in [4.69, 9.17) is 0 Å². The largest absolute Gasteiger partial charge is 0.302 e. The Morgan fingerprint density at radius 3 is 2.50 bits per heavy atom. The molecule has 0 spiro atoms. The van der Waals surface area contributed by atoms with Crippen LogP contribution in [-0.4, -0.2) is 47.8 Å². The van der Waals surface area contributed by atoms with Gasteiger partial charge in [0.15, 0.2) is 0 Å². The van der Waals surface area contributed by atoms with Crippen molar-refractivity contribution in [3.63, 3.8) is 0 Å². The molecule has 4 heteroatoms. The summed E-state index contributed by atoms with van der Waals surface area (Å²) >= 11 is 0. The fraction of sp³-hybridized carbons (Fsp3) is 0.500. The first kappa shape index (κ1) is 13.3. The lowest BCUT2D eigenvalue weighted by molar-refractivity contribution is -0.128. The molecule has 1 fully saturated rings. The Kier molecular flexibility index (Phi) is 3.83. The summed E-state index contributed by atoms with van der Waals surface area (Å²) in [5.74, 6) is -0.195. The summed E-state index contributed by atoms with van der Waals surface area (Å²) in [4.78, 5) is 28.3. The molecular formula is C16H20N2O2. The van der Waals surface area contributed by atoms with E-state index in [0.29, 0.717) is 18.5 Å². The number of fused-ring (bicyclic) bond motifs is 1. The molecular weight excluding hydrogens is 252 g/mol. The second-order valence-corrected chi connectivity index (χ2v) is 5.59. The number of hydrogen-bond donors (Lipinski definition) is 0. The lowest BCUT2D eigenvalue weighted by Gasteiger charge is -2.31. The van der Waals surface area contributed by atoms with Crippen molar-refractivity contribution in [3.8, 4) is 0 Å². The topological polar surface area (TPSA) is 40.6 Å². The van der Waals surface area contributed by atoms with Crippen molar-refractivity contribution in [1.82, 2.24) is 9.80 Å². The lowest BCUT2D eigenvalue weighted by Crippen LogP contribution is -2.46. The normalized spacial score (nSPS) is 20.1. The number of carbonyl (C=O) groups is 2. The summed E-state index contributed by atoms with van der Waals surface area (Å²) in [6, 6.07) is 7.42. The summed E-state index contributed by atoms with van der Waals surface area (Å²) < 4.78 is 0. The maximum atomic E-state index is 12.4. The number of piperidine rings is 1. The van der Waals surface area contributed by atoms with Gasteiger partial charge < -0.3 is 4.90 Å². The average Bonchev–Trinajstić information content (AvgIpc) is 2.48. The van der Waals surface area contributed by atoms with Crippen molar-refractivity contribution >= 4 is 11.8 Å². The van der Waals surface area contributed by atoms with Crippen molar-refractivity contribution in [2.75, 3.05) is 26.2 Å². The van der Waals surface area contributed by atoms with E-state index in [-0.39, 0.29) is 11.8 Å². The SMILES string of the molecule is O=C1Cc2ccccc2C(=O)N1CCN1CCCCC1. The van der Waals surface area contributed by atoms with Crippen LogP contribution in [0.3, 0.4) is 0 Å². The predicted octanol–water partition coefficient (Wildman–Crippen LogP) is 1.70. The van der Waals surface area contributed by atoms with E-state index in [1.54, 1.807) is 0 Å². The van der Waals surface area contributed by atoms with Crippen molar-refractivity contribution in [2.45, 2.75) is 25.7 Å². The smallest absolute Gasteiger partial charge is 0.260 e. The molecule has 1 aromatic carbocycles. The number of rotatable bonds is 3. The van der Waals surface area contributed by atoms with Gasteiger partial charge >= 0.3 is 0 Å².